The van der Waals surface area contributed by atoms with Crippen molar-refractivity contribution in [2.45, 2.75) is 70.2 Å². The molecule has 2 saturated heterocycles. The molecule has 8 heteroatoms. The first kappa shape index (κ1) is 28.5. The van der Waals surface area contributed by atoms with E-state index >= 15 is 0 Å². The van der Waals surface area contributed by atoms with Crippen LogP contribution in [0, 0.1) is 17.1 Å². The molecule has 3 atom stereocenters. The molecule has 2 bridgehead atoms. The number of benzene rings is 3. The van der Waals surface area contributed by atoms with E-state index in [2.05, 4.69) is 28.1 Å². The van der Waals surface area contributed by atoms with Gasteiger partial charge in [0.2, 0.25) is 0 Å². The van der Waals surface area contributed by atoms with Gasteiger partial charge in [-0.25, -0.2) is 9.18 Å². The summed E-state index contributed by atoms with van der Waals surface area (Å²) in [4.78, 5) is 28.4. The minimum atomic E-state index is -0.598. The zero-order valence-corrected chi connectivity index (χ0v) is 24.9. The lowest BCUT2D eigenvalue weighted by Gasteiger charge is -2.39. The number of amides is 2. The van der Waals surface area contributed by atoms with Gasteiger partial charge in [0, 0.05) is 47.8 Å². The van der Waals surface area contributed by atoms with Crippen LogP contribution in [0.2, 0.25) is 0 Å². The summed E-state index contributed by atoms with van der Waals surface area (Å²) in [7, 11) is 2.00. The molecule has 0 aliphatic carbocycles. The summed E-state index contributed by atoms with van der Waals surface area (Å²) >= 11 is 0. The molecule has 0 saturated carbocycles. The Morgan fingerprint density at radius 3 is 2.33 bits per heavy atom. The summed E-state index contributed by atoms with van der Waals surface area (Å²) in [5.41, 5.74) is 4.16. The van der Waals surface area contributed by atoms with Crippen molar-refractivity contribution in [1.82, 2.24) is 14.8 Å². The summed E-state index contributed by atoms with van der Waals surface area (Å²) in [6.45, 7) is 5.51. The van der Waals surface area contributed by atoms with Crippen molar-refractivity contribution < 1.29 is 18.7 Å². The molecule has 220 valence electrons. The van der Waals surface area contributed by atoms with E-state index in [-0.39, 0.29) is 29.6 Å². The van der Waals surface area contributed by atoms with Gasteiger partial charge in [-0.2, -0.15) is 5.26 Å². The molecule has 1 aromatic heterocycles. The van der Waals surface area contributed by atoms with E-state index < -0.39 is 17.5 Å². The molecular weight excluding hydrogens is 543 g/mol. The monoisotopic (exact) mass is 578 g/mol. The average molecular weight is 579 g/mol. The maximum absolute atomic E-state index is 14.8. The molecule has 0 spiro atoms. The highest BCUT2D eigenvalue weighted by atomic mass is 19.1. The van der Waals surface area contributed by atoms with Crippen LogP contribution in [0.25, 0.3) is 33.2 Å². The predicted molar refractivity (Wildman–Crippen MR) is 164 cm³/mol. The summed E-state index contributed by atoms with van der Waals surface area (Å²) in [6, 6.07) is 20.3. The Kier molecular flexibility index (Phi) is 7.21. The van der Waals surface area contributed by atoms with Crippen molar-refractivity contribution in [2.75, 3.05) is 0 Å². The van der Waals surface area contributed by atoms with Gasteiger partial charge in [0.15, 0.2) is 0 Å². The van der Waals surface area contributed by atoms with Crippen LogP contribution in [-0.2, 0) is 11.8 Å². The lowest BCUT2D eigenvalue weighted by molar-refractivity contribution is 0.0418. The Morgan fingerprint density at radius 2 is 1.65 bits per heavy atom. The molecule has 6 rings (SSSR count). The third-order valence-corrected chi connectivity index (χ3v) is 8.55. The highest BCUT2D eigenvalue weighted by Crippen LogP contribution is 2.39. The average Bonchev–Trinajstić information content (AvgIpc) is 3.46. The van der Waals surface area contributed by atoms with Gasteiger partial charge >= 0.3 is 6.09 Å². The first-order valence-electron chi connectivity index (χ1n) is 14.7. The molecule has 1 N–H and O–H groups in total. The fourth-order valence-corrected chi connectivity index (χ4v) is 6.64. The molecule has 3 heterocycles. The van der Waals surface area contributed by atoms with Crippen LogP contribution in [0.4, 0.5) is 9.18 Å². The molecule has 2 aliphatic rings. The van der Waals surface area contributed by atoms with Gasteiger partial charge in [0.25, 0.3) is 5.91 Å². The zero-order chi connectivity index (χ0) is 30.5. The third-order valence-electron chi connectivity index (χ3n) is 8.55. The van der Waals surface area contributed by atoms with Crippen molar-refractivity contribution in [3.63, 3.8) is 0 Å². The van der Waals surface area contributed by atoms with Crippen molar-refractivity contribution in [3.8, 4) is 28.3 Å². The number of halogens is 1. The van der Waals surface area contributed by atoms with Crippen LogP contribution in [0.1, 0.15) is 62.4 Å². The number of aromatic nitrogens is 1. The van der Waals surface area contributed by atoms with Crippen molar-refractivity contribution in [1.29, 1.82) is 5.26 Å². The minimum absolute atomic E-state index is 0.0159. The zero-order valence-electron chi connectivity index (χ0n) is 24.9. The summed E-state index contributed by atoms with van der Waals surface area (Å²) < 4.78 is 22.3. The topological polar surface area (TPSA) is 87.4 Å². The number of carbonyl (C=O) groups is 2. The Labute approximate surface area is 250 Å². The number of hydrogen-bond donors (Lipinski definition) is 1. The van der Waals surface area contributed by atoms with Crippen LogP contribution in [0.3, 0.4) is 0 Å². The van der Waals surface area contributed by atoms with Crippen LogP contribution in [0.15, 0.2) is 66.9 Å². The van der Waals surface area contributed by atoms with Crippen molar-refractivity contribution in [3.05, 3.63) is 83.8 Å². The Hall–Kier alpha value is -4.64. The predicted octanol–water partition coefficient (Wildman–Crippen LogP) is 7.18. The van der Waals surface area contributed by atoms with E-state index in [4.69, 9.17) is 4.74 Å². The van der Waals surface area contributed by atoms with Crippen LogP contribution >= 0.6 is 0 Å². The molecule has 1 unspecified atom stereocenters. The normalized spacial score (nSPS) is 19.7. The number of hydrogen-bond acceptors (Lipinski definition) is 4. The summed E-state index contributed by atoms with van der Waals surface area (Å²) in [5, 5.41) is 13.4. The van der Waals surface area contributed by atoms with Crippen molar-refractivity contribution >= 4 is 22.9 Å². The number of fused-ring (bicyclic) bond motifs is 3. The maximum atomic E-state index is 14.8. The van der Waals surface area contributed by atoms with E-state index in [1.54, 1.807) is 6.07 Å². The molecular formula is C35H35FN4O3. The molecule has 0 radical (unpaired) electrons. The van der Waals surface area contributed by atoms with Gasteiger partial charge in [0.1, 0.15) is 17.5 Å². The lowest BCUT2D eigenvalue weighted by Crippen LogP contribution is -2.53. The number of nitriles is 1. The largest absolute Gasteiger partial charge is 0.444 e. The molecule has 43 heavy (non-hydrogen) atoms. The van der Waals surface area contributed by atoms with Crippen molar-refractivity contribution in [2.24, 2.45) is 7.05 Å². The number of ether oxygens (including phenoxy) is 1. The molecule has 2 fully saturated rings. The molecule has 2 aliphatic heterocycles. The van der Waals surface area contributed by atoms with E-state index in [0.29, 0.717) is 24.0 Å². The smallest absolute Gasteiger partial charge is 0.407 e. The number of alkyl carbamates (subject to hydrolysis) is 1. The number of nitrogens with one attached hydrogen (secondary N) is 1. The van der Waals surface area contributed by atoms with Gasteiger partial charge in [0.05, 0.1) is 5.56 Å². The lowest BCUT2D eigenvalue weighted by atomic mass is 9.90. The molecule has 2 amide bonds. The van der Waals surface area contributed by atoms with Gasteiger partial charge in [-0.15, -0.1) is 0 Å². The van der Waals surface area contributed by atoms with E-state index in [9.17, 15) is 19.2 Å². The first-order valence-corrected chi connectivity index (χ1v) is 14.7. The van der Waals surface area contributed by atoms with E-state index in [1.807, 2.05) is 69.3 Å². The standard InChI is InChI=1S/C35H35FN4O3/c1-35(2,3)43-34(42)38-26-18-27-9-10-28(19-26)40(27)33(41)24-7-11-29(21-8-12-32-23(15-21)13-14-39(32)4)30(16-24)22-5-6-25(20-37)31(36)17-22/h5-8,11-17,26-28H,9-10,18-19H2,1-4H3,(H,38,42)/t26?,27-,28+. The first-order chi connectivity index (χ1) is 20.5. The second kappa shape index (κ2) is 10.9. The molecule has 7 nitrogen and oxygen atoms in total. The third kappa shape index (κ3) is 5.60. The van der Waals surface area contributed by atoms with Crippen LogP contribution in [-0.4, -0.2) is 45.2 Å². The number of nitrogens with zero attached hydrogens (tertiary/aromatic N) is 3. The van der Waals surface area contributed by atoms with Gasteiger partial charge in [-0.05, 0) is 111 Å². The fraction of sp³-hybridized carbons (Fsp3) is 0.343. The highest BCUT2D eigenvalue weighted by Gasteiger charge is 2.44. The highest BCUT2D eigenvalue weighted by molar-refractivity contribution is 5.99. The van der Waals surface area contributed by atoms with Crippen LogP contribution < -0.4 is 5.32 Å². The minimum Gasteiger partial charge on any atom is -0.444 e. The van der Waals surface area contributed by atoms with E-state index in [0.717, 1.165) is 40.4 Å². The fourth-order valence-electron chi connectivity index (χ4n) is 6.64. The van der Waals surface area contributed by atoms with Gasteiger partial charge in [-0.3, -0.25) is 4.79 Å². The maximum Gasteiger partial charge on any atom is 0.407 e. The van der Waals surface area contributed by atoms with E-state index in [1.165, 1.54) is 12.1 Å². The SMILES string of the molecule is Cn1ccc2cc(-c3ccc(C(=O)N4[C@@H]5CC[C@H]4CC(NC(=O)OC(C)(C)C)C5)cc3-c3ccc(C#N)c(F)c3)ccc21. The van der Waals surface area contributed by atoms with Gasteiger partial charge < -0.3 is 19.5 Å². The molecule has 4 aromatic rings. The number of carbonyl (C=O) groups excluding carboxylic acids is 2. The Bertz CT molecular complexity index is 1770. The number of aryl methyl sites for hydroxylation is 1. The second-order valence-corrected chi connectivity index (χ2v) is 12.7. The van der Waals surface area contributed by atoms with Crippen LogP contribution in [0.5, 0.6) is 0 Å². The quantitative estimate of drug-likeness (QED) is 0.278. The number of rotatable bonds is 4. The summed E-state index contributed by atoms with van der Waals surface area (Å²) in [5.74, 6) is -0.664. The Morgan fingerprint density at radius 1 is 0.953 bits per heavy atom. The summed E-state index contributed by atoms with van der Waals surface area (Å²) in [6.07, 6.45) is 4.68. The molecule has 3 aromatic carbocycles. The number of piperidine rings is 1. The van der Waals surface area contributed by atoms with Gasteiger partial charge in [-0.1, -0.05) is 18.2 Å². The Balaban J connectivity index is 1.32. The second-order valence-electron chi connectivity index (χ2n) is 12.7.